The van der Waals surface area contributed by atoms with Gasteiger partial charge in [0.15, 0.2) is 11.2 Å². The number of para-hydroxylation sites is 1. The SMILES string of the molecule is CCOC(=O)C(C)NP(=O)(OCC1OC(n2cnc3c(OCC)nc(N)nc32)C(C)C1O)Oc1ccccc1. The maximum Gasteiger partial charge on any atom is 0.459 e. The number of aromatic nitrogens is 4. The molecule has 212 valence electrons. The third-order valence-electron chi connectivity index (χ3n) is 6.02. The van der Waals surface area contributed by atoms with E-state index < -0.39 is 44.1 Å². The summed E-state index contributed by atoms with van der Waals surface area (Å²) in [5.74, 6) is -0.562. The highest BCUT2D eigenvalue weighted by Crippen LogP contribution is 2.46. The van der Waals surface area contributed by atoms with E-state index in [1.165, 1.54) is 13.3 Å². The summed E-state index contributed by atoms with van der Waals surface area (Å²) < 4.78 is 43.3. The molecule has 1 saturated heterocycles. The molecular weight excluding hydrogens is 531 g/mol. The number of benzene rings is 1. The minimum absolute atomic E-state index is 0.000394. The summed E-state index contributed by atoms with van der Waals surface area (Å²) in [5, 5.41) is 13.6. The molecule has 1 aliphatic heterocycles. The van der Waals surface area contributed by atoms with Crippen LogP contribution >= 0.6 is 7.75 Å². The Labute approximate surface area is 225 Å². The quantitative estimate of drug-likeness (QED) is 0.216. The van der Waals surface area contributed by atoms with Gasteiger partial charge >= 0.3 is 13.7 Å². The molecule has 1 fully saturated rings. The highest BCUT2D eigenvalue weighted by molar-refractivity contribution is 7.52. The van der Waals surface area contributed by atoms with Crippen LogP contribution in [-0.4, -0.2) is 68.7 Å². The fourth-order valence-electron chi connectivity index (χ4n) is 4.12. The zero-order valence-electron chi connectivity index (χ0n) is 22.1. The van der Waals surface area contributed by atoms with Gasteiger partial charge in [-0.3, -0.25) is 13.9 Å². The van der Waals surface area contributed by atoms with Crippen molar-refractivity contribution in [3.63, 3.8) is 0 Å². The van der Waals surface area contributed by atoms with Crippen LogP contribution in [0.3, 0.4) is 0 Å². The molecule has 15 heteroatoms. The Kier molecular flexibility index (Phi) is 9.03. The topological polar surface area (TPSA) is 182 Å². The number of fused-ring (bicyclic) bond motifs is 1. The highest BCUT2D eigenvalue weighted by Gasteiger charge is 2.44. The predicted molar refractivity (Wildman–Crippen MR) is 140 cm³/mol. The van der Waals surface area contributed by atoms with E-state index in [-0.39, 0.29) is 30.8 Å². The molecule has 6 atom stereocenters. The van der Waals surface area contributed by atoms with Crippen LogP contribution in [0.15, 0.2) is 36.7 Å². The average molecular weight is 565 g/mol. The van der Waals surface area contributed by atoms with Gasteiger partial charge in [0.2, 0.25) is 11.8 Å². The second-order valence-corrected chi connectivity index (χ2v) is 10.6. The number of carbonyl (C=O) groups excluding carboxylic acids is 1. The zero-order valence-corrected chi connectivity index (χ0v) is 23.0. The summed E-state index contributed by atoms with van der Waals surface area (Å²) in [6.45, 7) is 6.95. The van der Waals surface area contributed by atoms with Crippen molar-refractivity contribution >= 4 is 30.8 Å². The van der Waals surface area contributed by atoms with Crippen LogP contribution in [-0.2, 0) is 23.4 Å². The molecule has 0 aliphatic carbocycles. The Hall–Kier alpha value is -3.29. The first-order chi connectivity index (χ1) is 18.7. The zero-order chi connectivity index (χ0) is 28.2. The summed E-state index contributed by atoms with van der Waals surface area (Å²) in [4.78, 5) is 24.9. The Morgan fingerprint density at radius 3 is 2.69 bits per heavy atom. The third-order valence-corrected chi connectivity index (χ3v) is 7.66. The average Bonchev–Trinajstić information content (AvgIpc) is 3.44. The lowest BCUT2D eigenvalue weighted by Crippen LogP contribution is -2.36. The van der Waals surface area contributed by atoms with Crippen molar-refractivity contribution in [3.8, 4) is 11.6 Å². The first-order valence-corrected chi connectivity index (χ1v) is 14.1. The number of nitrogens with two attached hydrogens (primary N) is 1. The number of hydrogen-bond donors (Lipinski definition) is 3. The molecule has 0 radical (unpaired) electrons. The van der Waals surface area contributed by atoms with E-state index in [9.17, 15) is 14.5 Å². The molecule has 4 rings (SSSR count). The van der Waals surface area contributed by atoms with Crippen molar-refractivity contribution in [2.75, 3.05) is 25.6 Å². The second kappa shape index (κ2) is 12.3. The maximum atomic E-state index is 13.7. The fraction of sp³-hybridized carbons (Fsp3) is 0.500. The van der Waals surface area contributed by atoms with E-state index in [1.807, 2.05) is 6.92 Å². The third kappa shape index (κ3) is 6.48. The van der Waals surface area contributed by atoms with Crippen molar-refractivity contribution in [3.05, 3.63) is 36.7 Å². The molecule has 6 unspecified atom stereocenters. The number of ether oxygens (including phenoxy) is 3. The smallest absolute Gasteiger partial charge is 0.459 e. The Morgan fingerprint density at radius 1 is 1.26 bits per heavy atom. The molecule has 1 aromatic carbocycles. The van der Waals surface area contributed by atoms with E-state index >= 15 is 0 Å². The number of nitrogen functional groups attached to an aromatic ring is 1. The molecule has 0 saturated carbocycles. The molecule has 1 aliphatic rings. The van der Waals surface area contributed by atoms with Crippen LogP contribution in [0.25, 0.3) is 11.2 Å². The minimum atomic E-state index is -4.13. The Bertz CT molecular complexity index is 1320. The Balaban J connectivity index is 1.53. The largest absolute Gasteiger partial charge is 0.476 e. The molecular formula is C24H33N6O8P. The van der Waals surface area contributed by atoms with E-state index in [0.29, 0.717) is 17.8 Å². The van der Waals surface area contributed by atoms with Crippen molar-refractivity contribution < 1.29 is 37.7 Å². The number of anilines is 1. The van der Waals surface area contributed by atoms with Gasteiger partial charge in [-0.05, 0) is 32.9 Å². The van der Waals surface area contributed by atoms with Gasteiger partial charge in [-0.1, -0.05) is 25.1 Å². The van der Waals surface area contributed by atoms with Crippen LogP contribution in [0, 0.1) is 5.92 Å². The molecule has 0 spiro atoms. The molecule has 39 heavy (non-hydrogen) atoms. The van der Waals surface area contributed by atoms with Crippen LogP contribution in [0.4, 0.5) is 5.95 Å². The molecule has 14 nitrogen and oxygen atoms in total. The summed E-state index contributed by atoms with van der Waals surface area (Å²) >= 11 is 0. The number of nitrogens with zero attached hydrogens (tertiary/aromatic N) is 4. The van der Waals surface area contributed by atoms with Gasteiger partial charge in [0.05, 0.1) is 32.3 Å². The number of hydrogen-bond acceptors (Lipinski definition) is 12. The molecule has 3 aromatic rings. The normalized spacial score (nSPS) is 23.3. The predicted octanol–water partition coefficient (Wildman–Crippen LogP) is 2.45. The molecule has 4 N–H and O–H groups in total. The Morgan fingerprint density at radius 2 is 2.00 bits per heavy atom. The first kappa shape index (κ1) is 28.7. The van der Waals surface area contributed by atoms with Crippen molar-refractivity contribution in [2.45, 2.75) is 52.2 Å². The van der Waals surface area contributed by atoms with E-state index in [2.05, 4.69) is 20.0 Å². The van der Waals surface area contributed by atoms with E-state index in [4.69, 9.17) is 29.0 Å². The highest BCUT2D eigenvalue weighted by atomic mass is 31.2. The number of rotatable bonds is 12. The van der Waals surface area contributed by atoms with Crippen LogP contribution in [0.2, 0.25) is 0 Å². The van der Waals surface area contributed by atoms with Crippen LogP contribution in [0.1, 0.15) is 33.9 Å². The monoisotopic (exact) mass is 564 g/mol. The maximum absolute atomic E-state index is 13.7. The number of imidazole rings is 1. The van der Waals surface area contributed by atoms with Crippen molar-refractivity contribution in [2.24, 2.45) is 5.92 Å². The van der Waals surface area contributed by atoms with Gasteiger partial charge in [0.1, 0.15) is 24.1 Å². The lowest BCUT2D eigenvalue weighted by Gasteiger charge is -2.24. The van der Waals surface area contributed by atoms with Crippen molar-refractivity contribution in [1.29, 1.82) is 0 Å². The summed E-state index contributed by atoms with van der Waals surface area (Å²) in [6, 6.07) is 7.37. The van der Waals surface area contributed by atoms with Gasteiger partial charge in [0.25, 0.3) is 0 Å². The number of esters is 1. The second-order valence-electron chi connectivity index (χ2n) is 8.86. The summed E-state index contributed by atoms with van der Waals surface area (Å²) in [6.07, 6.45) is -1.11. The lowest BCUT2D eigenvalue weighted by molar-refractivity contribution is -0.144. The van der Waals surface area contributed by atoms with Crippen LogP contribution < -0.4 is 20.1 Å². The molecule has 3 heterocycles. The lowest BCUT2D eigenvalue weighted by atomic mass is 10.0. The fourth-order valence-corrected chi connectivity index (χ4v) is 5.62. The van der Waals surface area contributed by atoms with Crippen molar-refractivity contribution in [1.82, 2.24) is 24.6 Å². The standard InChI is InChI=1S/C24H33N6O8P/c1-5-34-21-18-20(27-24(25)28-21)30(13-26-18)22-14(3)19(31)17(37-22)12-36-39(33,29-15(4)23(32)35-6-2)38-16-10-8-7-9-11-16/h7-11,13-15,17,19,22,31H,5-6,12H2,1-4H3,(H,29,33)(H2,25,27,28). The van der Waals surface area contributed by atoms with Gasteiger partial charge in [-0.25, -0.2) is 9.55 Å². The summed E-state index contributed by atoms with van der Waals surface area (Å²) in [7, 11) is -4.13. The van der Waals surface area contributed by atoms with Gasteiger partial charge < -0.3 is 29.6 Å². The summed E-state index contributed by atoms with van der Waals surface area (Å²) in [5.41, 5.74) is 6.64. The van der Waals surface area contributed by atoms with Gasteiger partial charge in [-0.2, -0.15) is 15.1 Å². The molecule has 0 bridgehead atoms. The minimum Gasteiger partial charge on any atom is -0.476 e. The molecule has 0 amide bonds. The van der Waals surface area contributed by atoms with E-state index in [0.717, 1.165) is 0 Å². The first-order valence-electron chi connectivity index (χ1n) is 12.6. The van der Waals surface area contributed by atoms with E-state index in [1.54, 1.807) is 48.7 Å². The number of nitrogens with one attached hydrogen (secondary N) is 1. The molecule has 2 aromatic heterocycles. The number of aliphatic hydroxyl groups excluding tert-OH is 1. The van der Waals surface area contributed by atoms with Gasteiger partial charge in [0, 0.05) is 5.92 Å². The van der Waals surface area contributed by atoms with Crippen LogP contribution in [0.5, 0.6) is 11.6 Å². The van der Waals surface area contributed by atoms with Gasteiger partial charge in [-0.15, -0.1) is 0 Å². The number of carbonyl (C=O) groups is 1. The number of aliphatic hydroxyl groups is 1.